The molecule has 7 nitrogen and oxygen atoms in total. The quantitative estimate of drug-likeness (QED) is 0.551. The second-order valence-corrected chi connectivity index (χ2v) is 6.91. The predicted molar refractivity (Wildman–Crippen MR) is 104 cm³/mol. The summed E-state index contributed by atoms with van der Waals surface area (Å²) in [6.07, 6.45) is -1.70. The van der Waals surface area contributed by atoms with Gasteiger partial charge in [0.05, 0.1) is 11.3 Å². The van der Waals surface area contributed by atoms with E-state index in [1.165, 1.54) is 6.20 Å². The molecule has 0 aliphatic carbocycles. The third-order valence-corrected chi connectivity index (χ3v) is 4.67. The van der Waals surface area contributed by atoms with Gasteiger partial charge in [0, 0.05) is 37.7 Å². The van der Waals surface area contributed by atoms with Crippen LogP contribution in [0.1, 0.15) is 18.9 Å². The third-order valence-electron chi connectivity index (χ3n) is 3.79. The normalized spacial score (nSPS) is 11.6. The number of nitrogens with zero attached hydrogens (tertiary/aromatic N) is 3. The molecule has 0 radical (unpaired) electrons. The van der Waals surface area contributed by atoms with Crippen LogP contribution in [0, 0.1) is 0 Å². The summed E-state index contributed by atoms with van der Waals surface area (Å²) in [5.74, 6) is 0. The summed E-state index contributed by atoms with van der Waals surface area (Å²) in [7, 11) is 0. The summed E-state index contributed by atoms with van der Waals surface area (Å²) in [6, 6.07) is 3.80. The molecule has 0 saturated heterocycles. The first-order valence-corrected chi connectivity index (χ1v) is 9.61. The van der Waals surface area contributed by atoms with E-state index >= 15 is 0 Å². The number of pyridine rings is 2. The number of fused-ring (bicyclic) bond motifs is 1. The molecule has 0 aliphatic rings. The molecule has 2 amide bonds. The first kappa shape index (κ1) is 20.9. The highest BCUT2D eigenvalue weighted by Crippen LogP contribution is 2.32. The number of aromatic nitrogens is 3. The van der Waals surface area contributed by atoms with Crippen LogP contribution in [-0.4, -0.2) is 40.7 Å². The van der Waals surface area contributed by atoms with E-state index in [0.717, 1.165) is 23.6 Å². The van der Waals surface area contributed by atoms with Gasteiger partial charge in [-0.1, -0.05) is 11.3 Å². The highest BCUT2D eigenvalue weighted by atomic mass is 32.1. The van der Waals surface area contributed by atoms with Crippen molar-refractivity contribution in [1.29, 1.82) is 0 Å². The van der Waals surface area contributed by atoms with Crippen LogP contribution in [-0.2, 0) is 10.9 Å². The molecule has 0 saturated carbocycles. The Hall–Kier alpha value is -2.79. The fraction of sp³-hybridized carbons (Fsp3) is 0.333. The number of amides is 2. The van der Waals surface area contributed by atoms with E-state index in [-0.39, 0.29) is 5.56 Å². The number of thiazole rings is 1. The summed E-state index contributed by atoms with van der Waals surface area (Å²) >= 11 is 1.13. The molecule has 0 bridgehead atoms. The number of alkyl halides is 3. The maximum atomic E-state index is 12.9. The number of nitrogens with one attached hydrogen (secondary N) is 2. The Labute approximate surface area is 168 Å². The second kappa shape index (κ2) is 9.14. The first-order valence-electron chi connectivity index (χ1n) is 8.79. The van der Waals surface area contributed by atoms with E-state index < -0.39 is 17.8 Å². The highest BCUT2D eigenvalue weighted by molar-refractivity contribution is 7.21. The fourth-order valence-electron chi connectivity index (χ4n) is 2.43. The van der Waals surface area contributed by atoms with Crippen LogP contribution >= 0.6 is 11.3 Å². The first-order chi connectivity index (χ1) is 13.9. The fourth-order valence-corrected chi connectivity index (χ4v) is 3.26. The molecule has 3 rings (SSSR count). The minimum Gasteiger partial charge on any atom is -0.382 e. The average Bonchev–Trinajstić information content (AvgIpc) is 3.08. The van der Waals surface area contributed by atoms with E-state index in [1.54, 1.807) is 12.1 Å². The summed E-state index contributed by atoms with van der Waals surface area (Å²) in [4.78, 5) is 24.7. The molecule has 29 heavy (non-hydrogen) atoms. The van der Waals surface area contributed by atoms with Crippen LogP contribution in [0.3, 0.4) is 0 Å². The van der Waals surface area contributed by atoms with Crippen LogP contribution < -0.4 is 10.6 Å². The van der Waals surface area contributed by atoms with Gasteiger partial charge in [0.15, 0.2) is 5.13 Å². The number of rotatable bonds is 7. The van der Waals surface area contributed by atoms with Gasteiger partial charge >= 0.3 is 12.2 Å². The maximum absolute atomic E-state index is 12.9. The molecule has 3 aromatic rings. The molecule has 3 heterocycles. The Bertz CT molecular complexity index is 993. The van der Waals surface area contributed by atoms with Gasteiger partial charge in [0.1, 0.15) is 10.3 Å². The van der Waals surface area contributed by atoms with Crippen LogP contribution in [0.2, 0.25) is 0 Å². The molecule has 11 heteroatoms. The smallest absolute Gasteiger partial charge is 0.382 e. The van der Waals surface area contributed by atoms with Crippen molar-refractivity contribution in [1.82, 2.24) is 20.3 Å². The summed E-state index contributed by atoms with van der Waals surface area (Å²) in [5.41, 5.74) is 0.276. The lowest BCUT2D eigenvalue weighted by molar-refractivity contribution is -0.137. The third kappa shape index (κ3) is 5.61. The van der Waals surface area contributed by atoms with Gasteiger partial charge in [-0.2, -0.15) is 13.2 Å². The molecule has 2 N–H and O–H groups in total. The molecule has 0 atom stereocenters. The van der Waals surface area contributed by atoms with Gasteiger partial charge in [0.2, 0.25) is 0 Å². The molecular weight excluding hydrogens is 407 g/mol. The number of anilines is 1. The predicted octanol–water partition coefficient (Wildman–Crippen LogP) is 4.32. The Morgan fingerprint density at radius 1 is 1.24 bits per heavy atom. The number of halogens is 3. The number of urea groups is 1. The lowest BCUT2D eigenvalue weighted by Gasteiger charge is -2.07. The number of hydrogen-bond acceptors (Lipinski definition) is 6. The second-order valence-electron chi connectivity index (χ2n) is 5.93. The summed E-state index contributed by atoms with van der Waals surface area (Å²) in [5, 5.41) is 5.66. The molecule has 0 spiro atoms. The van der Waals surface area contributed by atoms with Gasteiger partial charge in [-0.3, -0.25) is 10.3 Å². The van der Waals surface area contributed by atoms with Gasteiger partial charge in [-0.15, -0.1) is 0 Å². The number of carbonyl (C=O) groups is 1. The standard InChI is InChI=1S/C18H18F3N5O2S/c1-2-28-7-3-6-23-16(27)26-17-25-14-5-4-13(24-15(14)29-17)11-8-12(10-22-9-11)18(19,20)21/h4-5,8-10H,2-3,6-7H2,1H3,(H2,23,25,26,27). The zero-order chi connectivity index (χ0) is 20.9. The van der Waals surface area contributed by atoms with E-state index in [0.29, 0.717) is 47.4 Å². The minimum absolute atomic E-state index is 0.247. The summed E-state index contributed by atoms with van der Waals surface area (Å²) < 4.78 is 43.9. The van der Waals surface area contributed by atoms with E-state index in [1.807, 2.05) is 6.92 Å². The van der Waals surface area contributed by atoms with Gasteiger partial charge < -0.3 is 10.1 Å². The molecule has 154 valence electrons. The van der Waals surface area contributed by atoms with Crippen molar-refractivity contribution in [3.8, 4) is 11.3 Å². The van der Waals surface area contributed by atoms with Crippen molar-refractivity contribution in [2.75, 3.05) is 25.1 Å². The van der Waals surface area contributed by atoms with Gasteiger partial charge in [-0.05, 0) is 31.5 Å². The lowest BCUT2D eigenvalue weighted by Crippen LogP contribution is -2.30. The zero-order valence-corrected chi connectivity index (χ0v) is 16.2. The van der Waals surface area contributed by atoms with E-state index in [9.17, 15) is 18.0 Å². The van der Waals surface area contributed by atoms with Crippen LogP contribution in [0.4, 0.5) is 23.1 Å². The van der Waals surface area contributed by atoms with Crippen LogP contribution in [0.15, 0.2) is 30.6 Å². The minimum atomic E-state index is -4.48. The van der Waals surface area contributed by atoms with Crippen molar-refractivity contribution >= 4 is 32.8 Å². The Morgan fingerprint density at radius 3 is 2.83 bits per heavy atom. The molecular formula is C18H18F3N5O2S. The Morgan fingerprint density at radius 2 is 2.07 bits per heavy atom. The summed E-state index contributed by atoms with van der Waals surface area (Å²) in [6.45, 7) is 3.55. The Kier molecular flexibility index (Phi) is 6.60. The molecule has 0 fully saturated rings. The topological polar surface area (TPSA) is 89.0 Å². The highest BCUT2D eigenvalue weighted by Gasteiger charge is 2.31. The largest absolute Gasteiger partial charge is 0.417 e. The number of hydrogen-bond donors (Lipinski definition) is 2. The molecule has 3 aromatic heterocycles. The Balaban J connectivity index is 1.70. The molecule has 0 aromatic carbocycles. The van der Waals surface area contributed by atoms with E-state index in [4.69, 9.17) is 4.74 Å². The van der Waals surface area contributed by atoms with Crippen molar-refractivity contribution in [2.24, 2.45) is 0 Å². The number of ether oxygens (including phenoxy) is 1. The molecule has 0 unspecified atom stereocenters. The average molecular weight is 425 g/mol. The van der Waals surface area contributed by atoms with Crippen molar-refractivity contribution in [3.63, 3.8) is 0 Å². The number of carbonyl (C=O) groups excluding carboxylic acids is 1. The van der Waals surface area contributed by atoms with Crippen LogP contribution in [0.5, 0.6) is 0 Å². The zero-order valence-electron chi connectivity index (χ0n) is 15.4. The maximum Gasteiger partial charge on any atom is 0.417 e. The van der Waals surface area contributed by atoms with Gasteiger partial charge in [-0.25, -0.2) is 14.8 Å². The SMILES string of the molecule is CCOCCCNC(=O)Nc1nc2ccc(-c3cncc(C(F)(F)F)c3)nc2s1. The monoisotopic (exact) mass is 425 g/mol. The van der Waals surface area contributed by atoms with Gasteiger partial charge in [0.25, 0.3) is 0 Å². The van der Waals surface area contributed by atoms with Crippen molar-refractivity contribution < 1.29 is 22.7 Å². The van der Waals surface area contributed by atoms with Crippen LogP contribution in [0.25, 0.3) is 21.6 Å². The van der Waals surface area contributed by atoms with E-state index in [2.05, 4.69) is 25.6 Å². The van der Waals surface area contributed by atoms with Crippen molar-refractivity contribution in [3.05, 3.63) is 36.2 Å². The molecule has 0 aliphatic heterocycles. The van der Waals surface area contributed by atoms with Crippen molar-refractivity contribution in [2.45, 2.75) is 19.5 Å². The lowest BCUT2D eigenvalue weighted by atomic mass is 10.1.